The van der Waals surface area contributed by atoms with Crippen molar-refractivity contribution in [1.29, 1.82) is 0 Å². The summed E-state index contributed by atoms with van der Waals surface area (Å²) in [4.78, 5) is 4.43. The van der Waals surface area contributed by atoms with Crippen LogP contribution in [0.2, 0.25) is 0 Å². The first-order valence-electron chi connectivity index (χ1n) is 6.99. The van der Waals surface area contributed by atoms with Crippen LogP contribution in [-0.4, -0.2) is 18.1 Å². The lowest BCUT2D eigenvalue weighted by molar-refractivity contribution is 0.513. The van der Waals surface area contributed by atoms with Gasteiger partial charge in [0.2, 0.25) is 0 Å². The lowest BCUT2D eigenvalue weighted by Crippen LogP contribution is -2.26. The minimum absolute atomic E-state index is 0.470. The highest BCUT2D eigenvalue weighted by molar-refractivity contribution is 9.10. The highest BCUT2D eigenvalue weighted by Gasteiger charge is 2.14. The van der Waals surface area contributed by atoms with Gasteiger partial charge in [0.15, 0.2) is 0 Å². The van der Waals surface area contributed by atoms with Crippen LogP contribution in [0.15, 0.2) is 40.3 Å². The molecule has 1 aromatic carbocycles. The molecule has 0 aliphatic carbocycles. The van der Waals surface area contributed by atoms with Gasteiger partial charge in [-0.05, 0) is 30.2 Å². The number of hydrogen-bond acceptors (Lipinski definition) is 3. The van der Waals surface area contributed by atoms with Crippen LogP contribution >= 0.6 is 27.3 Å². The molecule has 1 atom stereocenters. The van der Waals surface area contributed by atoms with Crippen molar-refractivity contribution >= 4 is 27.3 Å². The molecule has 0 saturated heterocycles. The molecule has 4 heteroatoms. The fourth-order valence-electron chi connectivity index (χ4n) is 2.18. The van der Waals surface area contributed by atoms with E-state index in [1.807, 2.05) is 6.20 Å². The number of benzene rings is 1. The minimum atomic E-state index is 0.470. The third-order valence-corrected chi connectivity index (χ3v) is 4.46. The minimum Gasteiger partial charge on any atom is -0.316 e. The highest BCUT2D eigenvalue weighted by atomic mass is 79.9. The Morgan fingerprint density at radius 2 is 2.15 bits per heavy atom. The van der Waals surface area contributed by atoms with Crippen LogP contribution in [0.1, 0.15) is 30.3 Å². The Kier molecular flexibility index (Phi) is 6.20. The molecule has 20 heavy (non-hydrogen) atoms. The predicted molar refractivity (Wildman–Crippen MR) is 90.4 cm³/mol. The highest BCUT2D eigenvalue weighted by Crippen LogP contribution is 2.24. The molecule has 2 aromatic rings. The zero-order chi connectivity index (χ0) is 14.4. The second-order valence-corrected chi connectivity index (χ2v) is 7.33. The SMILES string of the molecule is CC(C)CNCC(Cc1nccs1)c1cccc(Br)c1. The molecule has 0 radical (unpaired) electrons. The molecule has 1 heterocycles. The zero-order valence-electron chi connectivity index (χ0n) is 12.0. The van der Waals surface area contributed by atoms with E-state index in [0.717, 1.165) is 24.0 Å². The molecule has 1 unspecified atom stereocenters. The van der Waals surface area contributed by atoms with Gasteiger partial charge in [-0.15, -0.1) is 11.3 Å². The number of nitrogens with one attached hydrogen (secondary N) is 1. The molecule has 0 amide bonds. The summed E-state index contributed by atoms with van der Waals surface area (Å²) in [6.07, 6.45) is 2.89. The lowest BCUT2D eigenvalue weighted by atomic mass is 9.95. The second-order valence-electron chi connectivity index (χ2n) is 5.43. The molecule has 0 fully saturated rings. The van der Waals surface area contributed by atoms with E-state index in [-0.39, 0.29) is 0 Å². The fourth-order valence-corrected chi connectivity index (χ4v) is 3.29. The Balaban J connectivity index is 2.06. The maximum Gasteiger partial charge on any atom is 0.0931 e. The van der Waals surface area contributed by atoms with Crippen molar-refractivity contribution in [1.82, 2.24) is 10.3 Å². The Hall–Kier alpha value is -0.710. The van der Waals surface area contributed by atoms with E-state index < -0.39 is 0 Å². The number of rotatable bonds is 7. The van der Waals surface area contributed by atoms with E-state index in [0.29, 0.717) is 11.8 Å². The van der Waals surface area contributed by atoms with Gasteiger partial charge < -0.3 is 5.32 Å². The van der Waals surface area contributed by atoms with E-state index in [2.05, 4.69) is 69.7 Å². The predicted octanol–water partition coefficient (Wildman–Crippen LogP) is 4.48. The van der Waals surface area contributed by atoms with Gasteiger partial charge in [0.1, 0.15) is 0 Å². The quantitative estimate of drug-likeness (QED) is 0.794. The molecule has 1 aromatic heterocycles. The van der Waals surface area contributed by atoms with Crippen LogP contribution in [0.25, 0.3) is 0 Å². The van der Waals surface area contributed by atoms with E-state index in [1.165, 1.54) is 10.6 Å². The van der Waals surface area contributed by atoms with Gasteiger partial charge in [0.25, 0.3) is 0 Å². The summed E-state index contributed by atoms with van der Waals surface area (Å²) < 4.78 is 1.14. The first kappa shape index (κ1) is 15.7. The van der Waals surface area contributed by atoms with Crippen molar-refractivity contribution in [2.75, 3.05) is 13.1 Å². The summed E-state index contributed by atoms with van der Waals surface area (Å²) in [6, 6.07) is 8.61. The van der Waals surface area contributed by atoms with Crippen molar-refractivity contribution in [3.8, 4) is 0 Å². The van der Waals surface area contributed by atoms with Gasteiger partial charge in [-0.25, -0.2) is 4.98 Å². The third kappa shape index (κ3) is 5.00. The van der Waals surface area contributed by atoms with E-state index in [9.17, 15) is 0 Å². The van der Waals surface area contributed by atoms with E-state index >= 15 is 0 Å². The van der Waals surface area contributed by atoms with Crippen molar-refractivity contribution in [3.63, 3.8) is 0 Å². The van der Waals surface area contributed by atoms with Gasteiger partial charge >= 0.3 is 0 Å². The van der Waals surface area contributed by atoms with Gasteiger partial charge in [-0.1, -0.05) is 41.9 Å². The van der Waals surface area contributed by atoms with Crippen LogP contribution in [0.3, 0.4) is 0 Å². The Morgan fingerprint density at radius 1 is 1.30 bits per heavy atom. The summed E-state index contributed by atoms with van der Waals surface area (Å²) in [7, 11) is 0. The largest absolute Gasteiger partial charge is 0.316 e. The number of halogens is 1. The van der Waals surface area contributed by atoms with Gasteiger partial charge in [-0.3, -0.25) is 0 Å². The smallest absolute Gasteiger partial charge is 0.0931 e. The molecule has 1 N–H and O–H groups in total. The number of thiazole rings is 1. The van der Waals surface area contributed by atoms with Crippen molar-refractivity contribution in [2.24, 2.45) is 5.92 Å². The summed E-state index contributed by atoms with van der Waals surface area (Å²) in [5.74, 6) is 1.15. The van der Waals surface area contributed by atoms with Crippen LogP contribution in [0, 0.1) is 5.92 Å². The van der Waals surface area contributed by atoms with E-state index in [1.54, 1.807) is 11.3 Å². The summed E-state index contributed by atoms with van der Waals surface area (Å²) in [5, 5.41) is 6.84. The molecular formula is C16H21BrN2S. The van der Waals surface area contributed by atoms with Crippen molar-refractivity contribution < 1.29 is 0 Å². The van der Waals surface area contributed by atoms with Crippen LogP contribution < -0.4 is 5.32 Å². The first-order chi connectivity index (χ1) is 9.65. The lowest BCUT2D eigenvalue weighted by Gasteiger charge is -2.18. The molecule has 108 valence electrons. The maximum atomic E-state index is 4.43. The van der Waals surface area contributed by atoms with Crippen LogP contribution in [0.4, 0.5) is 0 Å². The molecule has 2 rings (SSSR count). The Bertz CT molecular complexity index is 511. The van der Waals surface area contributed by atoms with Gasteiger partial charge in [0, 0.05) is 34.9 Å². The number of aromatic nitrogens is 1. The molecule has 0 spiro atoms. The average molecular weight is 353 g/mol. The average Bonchev–Trinajstić information content (AvgIpc) is 2.90. The van der Waals surface area contributed by atoms with Crippen molar-refractivity contribution in [3.05, 3.63) is 50.9 Å². The topological polar surface area (TPSA) is 24.9 Å². The summed E-state index contributed by atoms with van der Waals surface area (Å²) >= 11 is 5.31. The summed E-state index contributed by atoms with van der Waals surface area (Å²) in [5.41, 5.74) is 1.37. The first-order valence-corrected chi connectivity index (χ1v) is 8.67. The fraction of sp³-hybridized carbons (Fsp3) is 0.438. The van der Waals surface area contributed by atoms with Gasteiger partial charge in [0.05, 0.1) is 5.01 Å². The monoisotopic (exact) mass is 352 g/mol. The Morgan fingerprint density at radius 3 is 2.80 bits per heavy atom. The van der Waals surface area contributed by atoms with Crippen LogP contribution in [0.5, 0.6) is 0 Å². The maximum absolute atomic E-state index is 4.43. The molecular weight excluding hydrogens is 332 g/mol. The molecule has 0 saturated carbocycles. The third-order valence-electron chi connectivity index (χ3n) is 3.17. The molecule has 0 bridgehead atoms. The molecule has 2 nitrogen and oxygen atoms in total. The number of nitrogens with zero attached hydrogens (tertiary/aromatic N) is 1. The van der Waals surface area contributed by atoms with Crippen LogP contribution in [-0.2, 0) is 6.42 Å². The second kappa shape index (κ2) is 7.91. The Labute approximate surface area is 133 Å². The summed E-state index contributed by atoms with van der Waals surface area (Å²) in [6.45, 7) is 6.53. The van der Waals surface area contributed by atoms with E-state index in [4.69, 9.17) is 0 Å². The molecule has 0 aliphatic heterocycles. The normalized spacial score (nSPS) is 12.8. The van der Waals surface area contributed by atoms with Crippen molar-refractivity contribution in [2.45, 2.75) is 26.2 Å². The zero-order valence-corrected chi connectivity index (χ0v) is 14.4. The number of hydrogen-bond donors (Lipinski definition) is 1. The molecule has 0 aliphatic rings. The standard InChI is InChI=1S/C16H21BrN2S/c1-12(2)10-18-11-14(9-16-19-6-7-20-16)13-4-3-5-15(17)8-13/h3-8,12,14,18H,9-11H2,1-2H3. The van der Waals surface area contributed by atoms with Gasteiger partial charge in [-0.2, -0.15) is 0 Å².